The summed E-state index contributed by atoms with van der Waals surface area (Å²) in [6.07, 6.45) is 4.16. The summed E-state index contributed by atoms with van der Waals surface area (Å²) in [5.41, 5.74) is 2.54. The van der Waals surface area contributed by atoms with Crippen LogP contribution in [0.25, 0.3) is 11.4 Å². The molecule has 0 bridgehead atoms. The molecule has 0 spiro atoms. The van der Waals surface area contributed by atoms with Crippen LogP contribution in [0.5, 0.6) is 5.75 Å². The van der Waals surface area contributed by atoms with E-state index in [1.807, 2.05) is 12.1 Å². The Kier molecular flexibility index (Phi) is 7.73. The first-order valence-electron chi connectivity index (χ1n) is 13.5. The largest absolute Gasteiger partial charge is 0.488 e. The molecular formula is C27H35F2N5O5. The molecule has 3 fully saturated rings. The minimum atomic E-state index is -2.63. The topological polar surface area (TPSA) is 109 Å². The minimum absolute atomic E-state index is 0.0809. The van der Waals surface area contributed by atoms with Gasteiger partial charge in [0, 0.05) is 39.4 Å². The SMILES string of the molecule is COC(=O)[C@H]1CCC[C@H](Oc2ccc(-c3nnn(C)c3COC(=O)N(C)CC3CC(F)(F)C3)nc2C2CC2)C1. The van der Waals surface area contributed by atoms with Crippen LogP contribution in [0.15, 0.2) is 12.1 Å². The number of carbonyl (C=O) groups is 2. The first-order chi connectivity index (χ1) is 18.6. The van der Waals surface area contributed by atoms with E-state index in [2.05, 4.69) is 10.3 Å². The van der Waals surface area contributed by atoms with E-state index in [-0.39, 0.29) is 49.9 Å². The average molecular weight is 548 g/mol. The highest BCUT2D eigenvalue weighted by molar-refractivity contribution is 5.72. The van der Waals surface area contributed by atoms with Gasteiger partial charge >= 0.3 is 12.1 Å². The van der Waals surface area contributed by atoms with E-state index in [0.717, 1.165) is 43.5 Å². The predicted octanol–water partition coefficient (Wildman–Crippen LogP) is 4.48. The fourth-order valence-electron chi connectivity index (χ4n) is 5.51. The van der Waals surface area contributed by atoms with Gasteiger partial charge in [0.1, 0.15) is 23.7 Å². The zero-order valence-electron chi connectivity index (χ0n) is 22.6. The smallest absolute Gasteiger partial charge is 0.409 e. The summed E-state index contributed by atoms with van der Waals surface area (Å²) in [5.74, 6) is -2.17. The second-order valence-electron chi connectivity index (χ2n) is 11.1. The fourth-order valence-corrected chi connectivity index (χ4v) is 5.51. The predicted molar refractivity (Wildman–Crippen MR) is 135 cm³/mol. The molecule has 1 amide bonds. The van der Waals surface area contributed by atoms with Crippen LogP contribution in [-0.4, -0.2) is 69.7 Å². The van der Waals surface area contributed by atoms with Gasteiger partial charge in [-0.25, -0.2) is 23.2 Å². The number of esters is 1. The van der Waals surface area contributed by atoms with Gasteiger partial charge in [0.2, 0.25) is 5.92 Å². The first kappa shape index (κ1) is 27.3. The number of hydrogen-bond acceptors (Lipinski definition) is 8. The molecule has 3 saturated carbocycles. The molecule has 3 aliphatic carbocycles. The number of aryl methyl sites for hydroxylation is 1. The summed E-state index contributed by atoms with van der Waals surface area (Å²) in [4.78, 5) is 30.8. The number of hydrogen-bond donors (Lipinski definition) is 0. The molecule has 0 aromatic carbocycles. The Morgan fingerprint density at radius 1 is 1.18 bits per heavy atom. The Balaban J connectivity index is 1.26. The van der Waals surface area contributed by atoms with Crippen LogP contribution in [0, 0.1) is 11.8 Å². The lowest BCUT2D eigenvalue weighted by Gasteiger charge is -2.36. The van der Waals surface area contributed by atoms with Crippen molar-refractivity contribution in [1.82, 2.24) is 24.9 Å². The maximum Gasteiger partial charge on any atom is 0.409 e. The normalized spacial score (nSPS) is 22.6. The zero-order valence-corrected chi connectivity index (χ0v) is 22.6. The van der Waals surface area contributed by atoms with Crippen molar-refractivity contribution < 1.29 is 32.6 Å². The Bertz CT molecular complexity index is 1210. The molecule has 0 radical (unpaired) electrons. The van der Waals surface area contributed by atoms with E-state index in [1.165, 1.54) is 16.7 Å². The van der Waals surface area contributed by atoms with Crippen molar-refractivity contribution in [2.24, 2.45) is 18.9 Å². The van der Waals surface area contributed by atoms with E-state index >= 15 is 0 Å². The summed E-state index contributed by atoms with van der Waals surface area (Å²) in [6.45, 7) is 0.137. The molecule has 2 atom stereocenters. The molecule has 2 aromatic rings. The number of pyridine rings is 1. The third kappa shape index (κ3) is 6.30. The molecule has 0 aliphatic heterocycles. The van der Waals surface area contributed by atoms with Crippen LogP contribution in [0.4, 0.5) is 13.6 Å². The van der Waals surface area contributed by atoms with E-state index in [4.69, 9.17) is 19.2 Å². The standard InChI is InChI=1S/C27H35F2N5O5/c1-33(14-16-12-27(28,29)13-16)26(36)38-15-21-24(31-32-34(21)2)20-9-10-22(23(30-20)17-7-8-17)39-19-6-4-5-18(11-19)25(35)37-3/h9-10,16-19H,4-8,11-15H2,1-3H3/t18-,19-/m0/s1. The maximum atomic E-state index is 13.1. The zero-order chi connectivity index (χ0) is 27.7. The minimum Gasteiger partial charge on any atom is -0.488 e. The monoisotopic (exact) mass is 547 g/mol. The van der Waals surface area contributed by atoms with Gasteiger partial charge in [-0.1, -0.05) is 5.21 Å². The van der Waals surface area contributed by atoms with Crippen molar-refractivity contribution in [1.29, 1.82) is 0 Å². The van der Waals surface area contributed by atoms with Crippen molar-refractivity contribution in [3.8, 4) is 17.1 Å². The summed E-state index contributed by atoms with van der Waals surface area (Å²) in [7, 11) is 4.67. The number of alkyl halides is 2. The van der Waals surface area contributed by atoms with E-state index in [1.54, 1.807) is 14.1 Å². The molecule has 39 heavy (non-hydrogen) atoms. The molecule has 0 N–H and O–H groups in total. The number of carbonyl (C=O) groups excluding carboxylic acids is 2. The quantitative estimate of drug-likeness (QED) is 0.423. The van der Waals surface area contributed by atoms with Gasteiger partial charge in [-0.2, -0.15) is 0 Å². The molecule has 2 heterocycles. The summed E-state index contributed by atoms with van der Waals surface area (Å²) in [5, 5.41) is 8.38. The second-order valence-corrected chi connectivity index (χ2v) is 11.1. The highest BCUT2D eigenvalue weighted by atomic mass is 19.3. The summed E-state index contributed by atoms with van der Waals surface area (Å²) >= 11 is 0. The lowest BCUT2D eigenvalue weighted by Crippen LogP contribution is -2.43. The molecule has 5 rings (SSSR count). The van der Waals surface area contributed by atoms with Gasteiger partial charge in [0.05, 0.1) is 30.5 Å². The Hall–Kier alpha value is -3.31. The lowest BCUT2D eigenvalue weighted by molar-refractivity contribution is -0.147. The molecule has 0 unspecified atom stereocenters. The number of rotatable bonds is 9. The first-order valence-corrected chi connectivity index (χ1v) is 13.5. The van der Waals surface area contributed by atoms with Crippen molar-refractivity contribution in [2.45, 2.75) is 75.9 Å². The van der Waals surface area contributed by atoms with Crippen LogP contribution in [-0.2, 0) is 27.9 Å². The van der Waals surface area contributed by atoms with Crippen LogP contribution in [0.1, 0.15) is 68.7 Å². The van der Waals surface area contributed by atoms with Gasteiger partial charge in [-0.3, -0.25) is 4.79 Å². The number of halogens is 2. The number of aromatic nitrogens is 4. The van der Waals surface area contributed by atoms with Crippen molar-refractivity contribution in [3.05, 3.63) is 23.5 Å². The molecule has 212 valence electrons. The van der Waals surface area contributed by atoms with Crippen molar-refractivity contribution in [2.75, 3.05) is 20.7 Å². The van der Waals surface area contributed by atoms with Gasteiger partial charge in [-0.05, 0) is 56.6 Å². The molecule has 10 nitrogen and oxygen atoms in total. The Morgan fingerprint density at radius 3 is 2.64 bits per heavy atom. The molecule has 3 aliphatic rings. The van der Waals surface area contributed by atoms with Crippen molar-refractivity contribution in [3.63, 3.8) is 0 Å². The Morgan fingerprint density at radius 2 is 1.95 bits per heavy atom. The van der Waals surface area contributed by atoms with Gasteiger partial charge in [0.15, 0.2) is 0 Å². The van der Waals surface area contributed by atoms with Crippen LogP contribution < -0.4 is 4.74 Å². The van der Waals surface area contributed by atoms with Crippen LogP contribution in [0.2, 0.25) is 0 Å². The van der Waals surface area contributed by atoms with E-state index in [9.17, 15) is 18.4 Å². The highest BCUT2D eigenvalue weighted by Crippen LogP contribution is 2.45. The number of nitrogens with zero attached hydrogens (tertiary/aromatic N) is 5. The Labute approximate surface area is 226 Å². The fraction of sp³-hybridized carbons (Fsp3) is 0.667. The lowest BCUT2D eigenvalue weighted by atomic mass is 9.81. The van der Waals surface area contributed by atoms with E-state index < -0.39 is 12.0 Å². The molecule has 2 aromatic heterocycles. The van der Waals surface area contributed by atoms with Crippen molar-refractivity contribution >= 4 is 12.1 Å². The summed E-state index contributed by atoms with van der Waals surface area (Å²) < 4.78 is 44.6. The summed E-state index contributed by atoms with van der Waals surface area (Å²) in [6, 6.07) is 3.71. The molecule has 0 saturated heterocycles. The second kappa shape index (κ2) is 11.1. The molecule has 12 heteroatoms. The van der Waals surface area contributed by atoms with Crippen LogP contribution >= 0.6 is 0 Å². The number of amides is 1. The third-order valence-electron chi connectivity index (χ3n) is 7.84. The van der Waals surface area contributed by atoms with Crippen LogP contribution in [0.3, 0.4) is 0 Å². The van der Waals surface area contributed by atoms with Gasteiger partial charge in [0.25, 0.3) is 0 Å². The third-order valence-corrected chi connectivity index (χ3v) is 7.84. The van der Waals surface area contributed by atoms with Gasteiger partial charge < -0.3 is 19.1 Å². The van der Waals surface area contributed by atoms with Gasteiger partial charge in [-0.15, -0.1) is 5.10 Å². The molecular weight excluding hydrogens is 512 g/mol. The average Bonchev–Trinajstić information content (AvgIpc) is 3.68. The highest BCUT2D eigenvalue weighted by Gasteiger charge is 2.45. The maximum absolute atomic E-state index is 13.1. The van der Waals surface area contributed by atoms with E-state index in [0.29, 0.717) is 29.4 Å². The number of methoxy groups -OCH3 is 1. The number of ether oxygens (including phenoxy) is 3.